The maximum atomic E-state index is 12.8. The minimum absolute atomic E-state index is 0.0155. The van der Waals surface area contributed by atoms with Gasteiger partial charge in [0.25, 0.3) is 5.91 Å². The van der Waals surface area contributed by atoms with Crippen LogP contribution in [0.1, 0.15) is 16.7 Å². The van der Waals surface area contributed by atoms with Crippen LogP contribution in [0.5, 0.6) is 5.75 Å². The van der Waals surface area contributed by atoms with Gasteiger partial charge in [-0.3, -0.25) is 4.79 Å². The fourth-order valence-corrected chi connectivity index (χ4v) is 3.15. The van der Waals surface area contributed by atoms with E-state index in [1.165, 1.54) is 19.1 Å². The Morgan fingerprint density at radius 2 is 1.53 bits per heavy atom. The molecule has 164 valence electrons. The number of halogens is 6. The molecule has 0 unspecified atom stereocenters. The van der Waals surface area contributed by atoms with E-state index in [0.717, 1.165) is 6.07 Å². The molecule has 0 radical (unpaired) electrons. The second-order valence-corrected chi connectivity index (χ2v) is 7.63. The van der Waals surface area contributed by atoms with Crippen LogP contribution >= 0.6 is 0 Å². The lowest BCUT2D eigenvalue weighted by Gasteiger charge is -2.15. The van der Waals surface area contributed by atoms with E-state index in [-0.39, 0.29) is 16.6 Å². The maximum absolute atomic E-state index is 12.8. The number of hydrogen-bond donors (Lipinski definition) is 2. The number of amides is 1. The number of sulfonamides is 1. The van der Waals surface area contributed by atoms with Crippen LogP contribution in [-0.2, 0) is 27.2 Å². The van der Waals surface area contributed by atoms with Crippen molar-refractivity contribution in [2.75, 3.05) is 11.9 Å². The summed E-state index contributed by atoms with van der Waals surface area (Å²) in [5, 5.41) is 7.25. The van der Waals surface area contributed by atoms with Crippen LogP contribution in [0.15, 0.2) is 41.3 Å². The first kappa shape index (κ1) is 23.5. The number of aryl methyl sites for hydroxylation is 1. The number of ether oxygens (including phenoxy) is 1. The molecule has 30 heavy (non-hydrogen) atoms. The average Bonchev–Trinajstić information content (AvgIpc) is 2.59. The first-order valence-electron chi connectivity index (χ1n) is 7.93. The summed E-state index contributed by atoms with van der Waals surface area (Å²) in [5.74, 6) is -1.77. The maximum Gasteiger partial charge on any atom is 0.416 e. The Labute approximate surface area is 166 Å². The monoisotopic (exact) mass is 456 g/mol. The Balaban J connectivity index is 2.19. The number of rotatable bonds is 5. The van der Waals surface area contributed by atoms with E-state index in [4.69, 9.17) is 9.88 Å². The molecule has 6 nitrogen and oxygen atoms in total. The molecule has 0 aliphatic carbocycles. The zero-order chi connectivity index (χ0) is 22.9. The van der Waals surface area contributed by atoms with E-state index < -0.39 is 51.8 Å². The lowest BCUT2D eigenvalue weighted by molar-refractivity contribution is -0.143. The van der Waals surface area contributed by atoms with E-state index in [1.54, 1.807) is 0 Å². The summed E-state index contributed by atoms with van der Waals surface area (Å²) in [6, 6.07) is 4.30. The number of primary sulfonamides is 1. The Morgan fingerprint density at radius 3 is 2.00 bits per heavy atom. The molecule has 0 aromatic heterocycles. The minimum Gasteiger partial charge on any atom is -0.484 e. The molecule has 2 rings (SSSR count). The van der Waals surface area contributed by atoms with Crippen molar-refractivity contribution in [1.29, 1.82) is 0 Å². The lowest BCUT2D eigenvalue weighted by atomic mass is 10.1. The Morgan fingerprint density at radius 1 is 1.00 bits per heavy atom. The SMILES string of the molecule is Cc1ccc(NC(=O)COc2cc(C(F)(F)F)cc(C(F)(F)F)c2)cc1S(N)(=O)=O. The van der Waals surface area contributed by atoms with Gasteiger partial charge >= 0.3 is 12.4 Å². The van der Waals surface area contributed by atoms with E-state index >= 15 is 0 Å². The highest BCUT2D eigenvalue weighted by Gasteiger charge is 2.37. The summed E-state index contributed by atoms with van der Waals surface area (Å²) in [6.07, 6.45) is -10.1. The molecule has 0 spiro atoms. The molecule has 0 fully saturated rings. The third-order valence-electron chi connectivity index (χ3n) is 3.71. The van der Waals surface area contributed by atoms with Gasteiger partial charge in [-0.15, -0.1) is 0 Å². The molecule has 0 saturated heterocycles. The molecule has 1 amide bonds. The largest absolute Gasteiger partial charge is 0.484 e. The quantitative estimate of drug-likeness (QED) is 0.671. The third kappa shape index (κ3) is 6.10. The number of anilines is 1. The molecular weight excluding hydrogens is 442 g/mol. The van der Waals surface area contributed by atoms with Gasteiger partial charge in [-0.25, -0.2) is 13.6 Å². The summed E-state index contributed by atoms with van der Waals surface area (Å²) in [5.41, 5.74) is -2.90. The van der Waals surface area contributed by atoms with Crippen molar-refractivity contribution in [3.05, 3.63) is 53.1 Å². The van der Waals surface area contributed by atoms with Gasteiger partial charge in [0.2, 0.25) is 10.0 Å². The molecule has 2 aromatic carbocycles. The first-order valence-corrected chi connectivity index (χ1v) is 9.47. The van der Waals surface area contributed by atoms with Crippen LogP contribution in [0.25, 0.3) is 0 Å². The molecule has 0 saturated carbocycles. The average molecular weight is 456 g/mol. The summed E-state index contributed by atoms with van der Waals surface area (Å²) >= 11 is 0. The predicted molar refractivity (Wildman–Crippen MR) is 93.1 cm³/mol. The number of carbonyl (C=O) groups excluding carboxylic acids is 1. The molecule has 0 bridgehead atoms. The van der Waals surface area contributed by atoms with Crippen LogP contribution in [0.2, 0.25) is 0 Å². The van der Waals surface area contributed by atoms with Gasteiger partial charge in [0, 0.05) is 5.69 Å². The first-order chi connectivity index (χ1) is 13.6. The molecule has 0 aliphatic heterocycles. The fourth-order valence-electron chi connectivity index (χ4n) is 2.34. The van der Waals surface area contributed by atoms with Gasteiger partial charge in [0.15, 0.2) is 6.61 Å². The Kier molecular flexibility index (Phi) is 6.37. The Hall–Kier alpha value is -2.80. The van der Waals surface area contributed by atoms with E-state index in [0.29, 0.717) is 17.7 Å². The van der Waals surface area contributed by atoms with Crippen LogP contribution < -0.4 is 15.2 Å². The number of nitrogens with one attached hydrogen (secondary N) is 1. The fraction of sp³-hybridized carbons (Fsp3) is 0.235. The van der Waals surface area contributed by atoms with Crippen LogP contribution in [0.3, 0.4) is 0 Å². The molecular formula is C17H14F6N2O4S. The molecule has 3 N–H and O–H groups in total. The zero-order valence-electron chi connectivity index (χ0n) is 15.1. The molecule has 0 atom stereocenters. The summed E-state index contributed by atoms with van der Waals surface area (Å²) < 4.78 is 105. The van der Waals surface area contributed by atoms with Crippen molar-refractivity contribution < 1.29 is 44.3 Å². The molecule has 2 aromatic rings. The smallest absolute Gasteiger partial charge is 0.416 e. The van der Waals surface area contributed by atoms with Gasteiger partial charge in [0.05, 0.1) is 16.0 Å². The van der Waals surface area contributed by atoms with Crippen molar-refractivity contribution in [3.63, 3.8) is 0 Å². The number of carbonyl (C=O) groups is 1. The topological polar surface area (TPSA) is 98.5 Å². The van der Waals surface area contributed by atoms with E-state index in [2.05, 4.69) is 5.32 Å². The number of nitrogens with two attached hydrogens (primary N) is 1. The van der Waals surface area contributed by atoms with Crippen LogP contribution in [0, 0.1) is 6.92 Å². The number of hydrogen-bond acceptors (Lipinski definition) is 4. The Bertz CT molecular complexity index is 1030. The van der Waals surface area contributed by atoms with Gasteiger partial charge in [-0.1, -0.05) is 6.07 Å². The highest BCUT2D eigenvalue weighted by Crippen LogP contribution is 2.38. The minimum atomic E-state index is -5.06. The summed E-state index contributed by atoms with van der Waals surface area (Å²) in [7, 11) is -4.08. The normalized spacial score (nSPS) is 12.5. The van der Waals surface area contributed by atoms with Crippen molar-refractivity contribution in [2.45, 2.75) is 24.2 Å². The second-order valence-electron chi connectivity index (χ2n) is 6.10. The van der Waals surface area contributed by atoms with Gasteiger partial charge in [0.1, 0.15) is 5.75 Å². The zero-order valence-corrected chi connectivity index (χ0v) is 15.9. The van der Waals surface area contributed by atoms with E-state index in [9.17, 15) is 39.6 Å². The van der Waals surface area contributed by atoms with Crippen molar-refractivity contribution in [2.24, 2.45) is 5.14 Å². The summed E-state index contributed by atoms with van der Waals surface area (Å²) in [4.78, 5) is 11.7. The van der Waals surface area contributed by atoms with Crippen LogP contribution in [0.4, 0.5) is 32.0 Å². The highest BCUT2D eigenvalue weighted by molar-refractivity contribution is 7.89. The van der Waals surface area contributed by atoms with Crippen molar-refractivity contribution in [1.82, 2.24) is 0 Å². The van der Waals surface area contributed by atoms with Gasteiger partial charge < -0.3 is 10.1 Å². The highest BCUT2D eigenvalue weighted by atomic mass is 32.2. The van der Waals surface area contributed by atoms with Crippen molar-refractivity contribution >= 4 is 21.6 Å². The standard InChI is InChI=1S/C17H14F6N2O4S/c1-9-2-3-12(7-14(9)30(24,27)28)25-15(26)8-29-13-5-10(16(18,19)20)4-11(6-13)17(21,22)23/h2-7H,8H2,1H3,(H,25,26)(H2,24,27,28). The van der Waals surface area contributed by atoms with E-state index in [1.807, 2.05) is 0 Å². The third-order valence-corrected chi connectivity index (χ3v) is 4.76. The van der Waals surface area contributed by atoms with Crippen LogP contribution in [-0.4, -0.2) is 20.9 Å². The number of benzene rings is 2. The van der Waals surface area contributed by atoms with Gasteiger partial charge in [-0.05, 0) is 42.8 Å². The second kappa shape index (κ2) is 8.14. The number of alkyl halides is 6. The predicted octanol–water partition coefficient (Wildman–Crippen LogP) is 3.70. The summed E-state index contributed by atoms with van der Waals surface area (Å²) in [6.45, 7) is 0.525. The van der Waals surface area contributed by atoms with Crippen molar-refractivity contribution in [3.8, 4) is 5.75 Å². The molecule has 0 heterocycles. The molecule has 0 aliphatic rings. The van der Waals surface area contributed by atoms with Gasteiger partial charge in [-0.2, -0.15) is 26.3 Å². The lowest BCUT2D eigenvalue weighted by Crippen LogP contribution is -2.21. The molecule has 13 heteroatoms.